The van der Waals surface area contributed by atoms with Crippen molar-refractivity contribution in [3.8, 4) is 11.3 Å². The van der Waals surface area contributed by atoms with Crippen LogP contribution in [0, 0.1) is 27.8 Å². The number of rotatable bonds is 4. The molecule has 0 radical (unpaired) electrons. The van der Waals surface area contributed by atoms with Gasteiger partial charge in [0.1, 0.15) is 11.6 Å². The largest absolute Gasteiger partial charge is 0.481 e. The van der Waals surface area contributed by atoms with Crippen LogP contribution in [0.3, 0.4) is 0 Å². The highest BCUT2D eigenvalue weighted by atomic mass is 19.4. The standard InChI is InChI=1S/C17H13F4N3O4/c18-10-3-1-9(2-4-10)15-13(24(27)28)5-6-14(22-15)23-7-11(16(25)26)12(8-23)17(19,20)21/h1-6,11-12H,7-8H2,(H,25,26)/t11-,12-/m1/s1. The van der Waals surface area contributed by atoms with E-state index in [1.165, 1.54) is 18.2 Å². The smallest absolute Gasteiger partial charge is 0.394 e. The summed E-state index contributed by atoms with van der Waals surface area (Å²) in [7, 11) is 0. The number of nitro groups is 1. The molecule has 1 aromatic heterocycles. The number of alkyl halides is 3. The van der Waals surface area contributed by atoms with Gasteiger partial charge in [0, 0.05) is 24.7 Å². The lowest BCUT2D eigenvalue weighted by atomic mass is 9.96. The highest BCUT2D eigenvalue weighted by molar-refractivity contribution is 5.74. The monoisotopic (exact) mass is 399 g/mol. The van der Waals surface area contributed by atoms with Crippen molar-refractivity contribution in [2.24, 2.45) is 11.8 Å². The number of aromatic nitrogens is 1. The first-order chi connectivity index (χ1) is 13.1. The van der Waals surface area contributed by atoms with E-state index in [1.807, 2.05) is 0 Å². The molecule has 7 nitrogen and oxygen atoms in total. The number of aliphatic carboxylic acids is 1. The number of carbonyl (C=O) groups is 1. The minimum absolute atomic E-state index is 0.0251. The third kappa shape index (κ3) is 3.73. The molecule has 0 saturated carbocycles. The Kier molecular flexibility index (Phi) is 4.92. The van der Waals surface area contributed by atoms with Crippen LogP contribution in [0.1, 0.15) is 0 Å². The van der Waals surface area contributed by atoms with Gasteiger partial charge in [-0.15, -0.1) is 0 Å². The highest BCUT2D eigenvalue weighted by Gasteiger charge is 2.53. The van der Waals surface area contributed by atoms with Crippen LogP contribution in [0.25, 0.3) is 11.3 Å². The molecule has 1 N–H and O–H groups in total. The molecule has 28 heavy (non-hydrogen) atoms. The highest BCUT2D eigenvalue weighted by Crippen LogP contribution is 2.40. The molecule has 3 rings (SSSR count). The molecule has 0 bridgehead atoms. The Morgan fingerprint density at radius 2 is 1.82 bits per heavy atom. The summed E-state index contributed by atoms with van der Waals surface area (Å²) in [5.41, 5.74) is -0.349. The number of nitrogens with zero attached hydrogens (tertiary/aromatic N) is 3. The number of benzene rings is 1. The number of pyridine rings is 1. The van der Waals surface area contributed by atoms with Crippen molar-refractivity contribution in [1.29, 1.82) is 0 Å². The van der Waals surface area contributed by atoms with E-state index in [1.54, 1.807) is 0 Å². The average Bonchev–Trinajstić information content (AvgIpc) is 3.08. The number of carboxylic acid groups (broad SMARTS) is 1. The van der Waals surface area contributed by atoms with E-state index in [0.29, 0.717) is 0 Å². The van der Waals surface area contributed by atoms with Gasteiger partial charge in [-0.1, -0.05) is 0 Å². The maximum absolute atomic E-state index is 13.2. The summed E-state index contributed by atoms with van der Waals surface area (Å²) in [6, 6.07) is 6.92. The van der Waals surface area contributed by atoms with Gasteiger partial charge in [0.05, 0.1) is 16.8 Å². The summed E-state index contributed by atoms with van der Waals surface area (Å²) in [6.07, 6.45) is -4.71. The zero-order chi connectivity index (χ0) is 20.6. The first-order valence-electron chi connectivity index (χ1n) is 8.03. The van der Waals surface area contributed by atoms with E-state index >= 15 is 0 Å². The second-order valence-corrected chi connectivity index (χ2v) is 6.30. The Bertz CT molecular complexity index is 918. The minimum Gasteiger partial charge on any atom is -0.481 e. The van der Waals surface area contributed by atoms with Crippen LogP contribution >= 0.6 is 0 Å². The van der Waals surface area contributed by atoms with E-state index < -0.39 is 53.5 Å². The van der Waals surface area contributed by atoms with Crippen molar-refractivity contribution in [3.63, 3.8) is 0 Å². The van der Waals surface area contributed by atoms with Crippen molar-refractivity contribution in [2.45, 2.75) is 6.18 Å². The zero-order valence-corrected chi connectivity index (χ0v) is 14.1. The summed E-state index contributed by atoms with van der Waals surface area (Å²) in [5, 5.41) is 20.4. The van der Waals surface area contributed by atoms with Gasteiger partial charge in [0.15, 0.2) is 5.69 Å². The molecular formula is C17H13F4N3O4. The van der Waals surface area contributed by atoms with Crippen molar-refractivity contribution >= 4 is 17.5 Å². The molecule has 2 aromatic rings. The SMILES string of the molecule is O=C(O)[C@@H]1CN(c2ccc([N+](=O)[O-])c(-c3ccc(F)cc3)n2)C[C@H]1C(F)(F)F. The van der Waals surface area contributed by atoms with Gasteiger partial charge < -0.3 is 10.0 Å². The second kappa shape index (κ2) is 7.06. The van der Waals surface area contributed by atoms with E-state index in [2.05, 4.69) is 4.98 Å². The predicted molar refractivity (Wildman–Crippen MR) is 89.2 cm³/mol. The third-order valence-corrected chi connectivity index (χ3v) is 4.56. The minimum atomic E-state index is -4.71. The lowest BCUT2D eigenvalue weighted by Gasteiger charge is -2.19. The van der Waals surface area contributed by atoms with Gasteiger partial charge in [0.2, 0.25) is 0 Å². The number of hydrogen-bond acceptors (Lipinski definition) is 5. The van der Waals surface area contributed by atoms with Gasteiger partial charge in [-0.25, -0.2) is 9.37 Å². The van der Waals surface area contributed by atoms with Gasteiger partial charge in [-0.05, 0) is 30.3 Å². The van der Waals surface area contributed by atoms with Gasteiger partial charge in [-0.2, -0.15) is 13.2 Å². The quantitative estimate of drug-likeness (QED) is 0.480. The van der Waals surface area contributed by atoms with Crippen LogP contribution in [0.2, 0.25) is 0 Å². The van der Waals surface area contributed by atoms with Crippen molar-refractivity contribution in [1.82, 2.24) is 4.98 Å². The first-order valence-corrected chi connectivity index (χ1v) is 8.03. The fourth-order valence-corrected chi connectivity index (χ4v) is 3.16. The van der Waals surface area contributed by atoms with E-state index in [-0.39, 0.29) is 17.1 Å². The molecule has 1 aliphatic heterocycles. The van der Waals surface area contributed by atoms with Gasteiger partial charge in [0.25, 0.3) is 5.69 Å². The van der Waals surface area contributed by atoms with Gasteiger partial charge in [-0.3, -0.25) is 14.9 Å². The summed E-state index contributed by atoms with van der Waals surface area (Å²) < 4.78 is 52.7. The number of hydrogen-bond donors (Lipinski definition) is 1. The van der Waals surface area contributed by atoms with E-state index in [9.17, 15) is 32.5 Å². The molecule has 148 valence electrons. The Morgan fingerprint density at radius 1 is 1.18 bits per heavy atom. The van der Waals surface area contributed by atoms with Crippen LogP contribution in [-0.4, -0.2) is 40.2 Å². The molecule has 2 heterocycles. The average molecular weight is 399 g/mol. The molecule has 1 aliphatic rings. The number of carboxylic acids is 1. The maximum Gasteiger partial charge on any atom is 0.394 e. The Morgan fingerprint density at radius 3 is 2.32 bits per heavy atom. The molecule has 0 amide bonds. The molecule has 2 atom stereocenters. The molecule has 0 aliphatic carbocycles. The second-order valence-electron chi connectivity index (χ2n) is 6.30. The van der Waals surface area contributed by atoms with Crippen LogP contribution in [-0.2, 0) is 4.79 Å². The molecule has 1 saturated heterocycles. The molecular weight excluding hydrogens is 386 g/mol. The predicted octanol–water partition coefficient (Wildman–Crippen LogP) is 3.50. The third-order valence-electron chi connectivity index (χ3n) is 4.56. The molecule has 0 spiro atoms. The van der Waals surface area contributed by atoms with Crippen molar-refractivity contribution < 1.29 is 32.4 Å². The van der Waals surface area contributed by atoms with Crippen LogP contribution in [0.4, 0.5) is 29.1 Å². The van der Waals surface area contributed by atoms with Gasteiger partial charge >= 0.3 is 12.1 Å². The molecule has 1 fully saturated rings. The Hall–Kier alpha value is -3.24. The lowest BCUT2D eigenvalue weighted by molar-refractivity contribution is -0.384. The van der Waals surface area contributed by atoms with Crippen LogP contribution in [0.15, 0.2) is 36.4 Å². The fraction of sp³-hybridized carbons (Fsp3) is 0.294. The number of halogens is 4. The summed E-state index contributed by atoms with van der Waals surface area (Å²) in [4.78, 5) is 27.0. The summed E-state index contributed by atoms with van der Waals surface area (Å²) >= 11 is 0. The molecule has 1 aromatic carbocycles. The van der Waals surface area contributed by atoms with Crippen LogP contribution < -0.4 is 4.90 Å². The number of anilines is 1. The fourth-order valence-electron chi connectivity index (χ4n) is 3.16. The summed E-state index contributed by atoms with van der Waals surface area (Å²) in [5.74, 6) is -5.93. The summed E-state index contributed by atoms with van der Waals surface area (Å²) in [6.45, 7) is -1.07. The van der Waals surface area contributed by atoms with E-state index in [4.69, 9.17) is 5.11 Å². The topological polar surface area (TPSA) is 96.6 Å². The Labute approximate surface area is 155 Å². The zero-order valence-electron chi connectivity index (χ0n) is 14.1. The van der Waals surface area contributed by atoms with Crippen LogP contribution in [0.5, 0.6) is 0 Å². The lowest BCUT2D eigenvalue weighted by Crippen LogP contribution is -2.33. The normalized spacial score (nSPS) is 19.6. The molecule has 11 heteroatoms. The van der Waals surface area contributed by atoms with Crippen molar-refractivity contribution in [3.05, 3.63) is 52.3 Å². The Balaban J connectivity index is 2.01. The molecule has 0 unspecified atom stereocenters. The van der Waals surface area contributed by atoms with Crippen molar-refractivity contribution in [2.75, 3.05) is 18.0 Å². The first kappa shape index (κ1) is 19.5. The maximum atomic E-state index is 13.2. The van der Waals surface area contributed by atoms with E-state index in [0.717, 1.165) is 23.1 Å².